The molecule has 0 aliphatic carbocycles. The molecule has 1 unspecified atom stereocenters. The van der Waals surface area contributed by atoms with E-state index in [4.69, 9.17) is 16.3 Å². The molecule has 2 bridgehead atoms. The molecule has 28 heavy (non-hydrogen) atoms. The number of fused-ring (bicyclic) bond motifs is 5. The van der Waals surface area contributed by atoms with E-state index in [1.54, 1.807) is 18.3 Å². The molecular formula is C19H16ClF3N4O. The summed E-state index contributed by atoms with van der Waals surface area (Å²) in [6, 6.07) is 5.65. The third kappa shape index (κ3) is 3.56. The highest BCUT2D eigenvalue weighted by Gasteiger charge is 2.35. The lowest BCUT2D eigenvalue weighted by Crippen LogP contribution is -2.13. The Morgan fingerprint density at radius 2 is 2.07 bits per heavy atom. The van der Waals surface area contributed by atoms with Crippen LogP contribution in [0.1, 0.15) is 36.2 Å². The molecule has 0 fully saturated rings. The van der Waals surface area contributed by atoms with Crippen LogP contribution in [0, 0.1) is 0 Å². The van der Waals surface area contributed by atoms with E-state index < -0.39 is 11.7 Å². The molecule has 1 N–H and O–H groups in total. The van der Waals surface area contributed by atoms with Crippen LogP contribution in [-0.4, -0.2) is 21.6 Å². The van der Waals surface area contributed by atoms with Gasteiger partial charge in [-0.2, -0.15) is 13.2 Å². The third-order valence-corrected chi connectivity index (χ3v) is 4.86. The monoisotopic (exact) mass is 408 g/mol. The minimum absolute atomic E-state index is 0.110. The second-order valence-corrected chi connectivity index (χ2v) is 7.03. The van der Waals surface area contributed by atoms with E-state index in [9.17, 15) is 13.2 Å². The predicted molar refractivity (Wildman–Crippen MR) is 99.6 cm³/mol. The van der Waals surface area contributed by atoms with E-state index in [1.165, 1.54) is 6.07 Å². The van der Waals surface area contributed by atoms with Crippen LogP contribution in [0.4, 0.5) is 19.0 Å². The van der Waals surface area contributed by atoms with Crippen molar-refractivity contribution < 1.29 is 17.9 Å². The maximum Gasteiger partial charge on any atom is 0.419 e. The molecule has 0 spiro atoms. The summed E-state index contributed by atoms with van der Waals surface area (Å²) in [4.78, 5) is 13.2. The van der Waals surface area contributed by atoms with Crippen molar-refractivity contribution in [3.8, 4) is 5.75 Å². The van der Waals surface area contributed by atoms with Gasteiger partial charge in [0.05, 0.1) is 23.9 Å². The van der Waals surface area contributed by atoms with E-state index in [1.807, 2.05) is 6.92 Å². The number of pyridine rings is 1. The van der Waals surface area contributed by atoms with Crippen LogP contribution in [0.15, 0.2) is 30.5 Å². The molecule has 4 rings (SSSR count). The summed E-state index contributed by atoms with van der Waals surface area (Å²) < 4.78 is 45.9. The maximum absolute atomic E-state index is 13.4. The maximum atomic E-state index is 13.4. The summed E-state index contributed by atoms with van der Waals surface area (Å²) >= 11 is 6.00. The topological polar surface area (TPSA) is 59.9 Å². The van der Waals surface area contributed by atoms with Gasteiger partial charge in [-0.15, -0.1) is 0 Å². The Hall–Kier alpha value is -2.61. The van der Waals surface area contributed by atoms with Crippen molar-refractivity contribution in [3.05, 3.63) is 52.6 Å². The Bertz CT molecular complexity index is 1040. The van der Waals surface area contributed by atoms with Gasteiger partial charge in [0.25, 0.3) is 0 Å². The first kappa shape index (κ1) is 18.7. The molecule has 2 aromatic heterocycles. The number of aromatic nitrogens is 3. The van der Waals surface area contributed by atoms with Crippen LogP contribution >= 0.6 is 11.6 Å². The highest BCUT2D eigenvalue weighted by atomic mass is 35.5. The molecular weight excluding hydrogens is 393 g/mol. The molecule has 0 radical (unpaired) electrons. The molecule has 0 saturated heterocycles. The average molecular weight is 409 g/mol. The van der Waals surface area contributed by atoms with Crippen molar-refractivity contribution in [2.24, 2.45) is 0 Å². The van der Waals surface area contributed by atoms with Crippen LogP contribution < -0.4 is 10.1 Å². The van der Waals surface area contributed by atoms with Crippen molar-refractivity contribution in [2.75, 3.05) is 11.9 Å². The van der Waals surface area contributed by atoms with Gasteiger partial charge < -0.3 is 10.1 Å². The molecule has 1 aliphatic heterocycles. The van der Waals surface area contributed by atoms with Crippen LogP contribution in [0.25, 0.3) is 10.9 Å². The van der Waals surface area contributed by atoms with Crippen molar-refractivity contribution in [3.63, 3.8) is 0 Å². The number of para-hydroxylation sites is 1. The Kier molecular flexibility index (Phi) is 4.74. The summed E-state index contributed by atoms with van der Waals surface area (Å²) in [5.74, 6) is 0.813. The molecule has 1 aromatic carbocycles. The number of hydrogen-bond donors (Lipinski definition) is 1. The number of benzene rings is 1. The second-order valence-electron chi connectivity index (χ2n) is 6.64. The molecule has 0 saturated carbocycles. The zero-order valence-corrected chi connectivity index (χ0v) is 15.6. The molecule has 3 aromatic rings. The van der Waals surface area contributed by atoms with E-state index >= 15 is 0 Å². The fraction of sp³-hybridized carbons (Fsp3) is 0.316. The highest BCUT2D eigenvalue weighted by molar-refractivity contribution is 6.30. The Labute approximate surface area is 163 Å². The normalized spacial score (nSPS) is 17.2. The zero-order chi connectivity index (χ0) is 19.9. The van der Waals surface area contributed by atoms with Gasteiger partial charge in [-0.05, 0) is 18.6 Å². The lowest BCUT2D eigenvalue weighted by Gasteiger charge is -2.18. The molecule has 146 valence electrons. The SMILES string of the molecule is CC1CCOc2c(cccc2C(F)(F)F)CNc2nc1nc1cnc(Cl)cc21. The van der Waals surface area contributed by atoms with Gasteiger partial charge >= 0.3 is 6.18 Å². The van der Waals surface area contributed by atoms with Gasteiger partial charge in [0.15, 0.2) is 0 Å². The number of hydrogen-bond acceptors (Lipinski definition) is 5. The largest absolute Gasteiger partial charge is 0.493 e. The van der Waals surface area contributed by atoms with Crippen LogP contribution in [-0.2, 0) is 12.7 Å². The van der Waals surface area contributed by atoms with Gasteiger partial charge in [-0.1, -0.05) is 30.7 Å². The van der Waals surface area contributed by atoms with E-state index in [2.05, 4.69) is 20.3 Å². The standard InChI is InChI=1S/C19H16ClF3N4O/c1-10-5-6-28-16-11(3-2-4-13(16)19(21,22)23)8-25-18-12-7-15(20)24-9-14(12)26-17(10)27-18/h2-4,7,9-10H,5-6,8H2,1H3,(H,25,26,27). The second kappa shape index (κ2) is 7.09. The minimum atomic E-state index is -4.50. The first-order valence-corrected chi connectivity index (χ1v) is 9.09. The van der Waals surface area contributed by atoms with Gasteiger partial charge in [-0.25, -0.2) is 15.0 Å². The summed E-state index contributed by atoms with van der Waals surface area (Å²) in [6.45, 7) is 2.14. The van der Waals surface area contributed by atoms with Crippen LogP contribution in [0.3, 0.4) is 0 Å². The lowest BCUT2D eigenvalue weighted by atomic mass is 10.1. The first-order chi connectivity index (χ1) is 13.3. The Morgan fingerprint density at radius 1 is 1.25 bits per heavy atom. The quantitative estimate of drug-likeness (QED) is 0.518. The molecule has 0 amide bonds. The van der Waals surface area contributed by atoms with Crippen LogP contribution in [0.2, 0.25) is 5.15 Å². The highest BCUT2D eigenvalue weighted by Crippen LogP contribution is 2.39. The summed E-state index contributed by atoms with van der Waals surface area (Å²) in [6.07, 6.45) is -2.47. The van der Waals surface area contributed by atoms with Gasteiger partial charge in [0.1, 0.15) is 22.5 Å². The first-order valence-electron chi connectivity index (χ1n) is 8.72. The predicted octanol–water partition coefficient (Wildman–Crippen LogP) is 5.20. The number of nitrogens with zero attached hydrogens (tertiary/aromatic N) is 3. The van der Waals surface area contributed by atoms with E-state index in [0.29, 0.717) is 34.5 Å². The summed E-state index contributed by atoms with van der Waals surface area (Å²) in [5.41, 5.74) is 0.236. The van der Waals surface area contributed by atoms with Crippen molar-refractivity contribution in [1.82, 2.24) is 15.0 Å². The number of rotatable bonds is 0. The Morgan fingerprint density at radius 3 is 2.86 bits per heavy atom. The van der Waals surface area contributed by atoms with Crippen molar-refractivity contribution in [2.45, 2.75) is 32.0 Å². The van der Waals surface area contributed by atoms with Gasteiger partial charge in [-0.3, -0.25) is 0 Å². The number of nitrogens with one attached hydrogen (secondary N) is 1. The van der Waals surface area contributed by atoms with Crippen molar-refractivity contribution in [1.29, 1.82) is 0 Å². The molecule has 3 heterocycles. The molecule has 5 nitrogen and oxygen atoms in total. The van der Waals surface area contributed by atoms with E-state index in [-0.39, 0.29) is 30.0 Å². The minimum Gasteiger partial charge on any atom is -0.493 e. The fourth-order valence-electron chi connectivity index (χ4n) is 3.14. The smallest absolute Gasteiger partial charge is 0.419 e. The number of anilines is 1. The molecule has 1 atom stereocenters. The number of halogens is 4. The zero-order valence-electron chi connectivity index (χ0n) is 14.8. The van der Waals surface area contributed by atoms with Gasteiger partial charge in [0.2, 0.25) is 0 Å². The summed E-state index contributed by atoms with van der Waals surface area (Å²) in [5, 5.41) is 4.06. The van der Waals surface area contributed by atoms with E-state index in [0.717, 1.165) is 6.07 Å². The number of alkyl halides is 3. The van der Waals surface area contributed by atoms with Gasteiger partial charge in [0, 0.05) is 23.4 Å². The third-order valence-electron chi connectivity index (χ3n) is 4.65. The van der Waals surface area contributed by atoms with Crippen LogP contribution in [0.5, 0.6) is 5.75 Å². The number of ether oxygens (including phenoxy) is 1. The molecule has 9 heteroatoms. The average Bonchev–Trinajstić information content (AvgIpc) is 2.67. The summed E-state index contributed by atoms with van der Waals surface area (Å²) in [7, 11) is 0. The van der Waals surface area contributed by atoms with Crippen molar-refractivity contribution >= 4 is 28.3 Å². The lowest BCUT2D eigenvalue weighted by molar-refractivity contribution is -0.139. The molecule has 1 aliphatic rings. The fourth-order valence-corrected chi connectivity index (χ4v) is 3.30. The Balaban J connectivity index is 1.83.